The van der Waals surface area contributed by atoms with Crippen LogP contribution < -0.4 is 0 Å². The SMILES string of the molecule is CC.Cc1cccc(F)c1[N+](=O)[O-]. The molecule has 1 aromatic carbocycles. The molecular weight excluding hydrogens is 173 g/mol. The van der Waals surface area contributed by atoms with Gasteiger partial charge < -0.3 is 0 Å². The summed E-state index contributed by atoms with van der Waals surface area (Å²) in [7, 11) is 0. The van der Waals surface area contributed by atoms with Crippen molar-refractivity contribution in [3.63, 3.8) is 0 Å². The predicted molar refractivity (Wildman–Crippen MR) is 49.1 cm³/mol. The maximum atomic E-state index is 12.7. The molecule has 0 saturated carbocycles. The zero-order valence-corrected chi connectivity index (χ0v) is 7.87. The second-order valence-electron chi connectivity index (χ2n) is 2.16. The highest BCUT2D eigenvalue weighted by molar-refractivity contribution is 5.40. The quantitative estimate of drug-likeness (QED) is 0.498. The van der Waals surface area contributed by atoms with Crippen LogP contribution in [0.1, 0.15) is 19.4 Å². The van der Waals surface area contributed by atoms with Gasteiger partial charge in [0.1, 0.15) is 0 Å². The van der Waals surface area contributed by atoms with Gasteiger partial charge in [0, 0.05) is 5.56 Å². The lowest BCUT2D eigenvalue weighted by Gasteiger charge is -1.95. The first-order valence-electron chi connectivity index (χ1n) is 4.02. The molecule has 0 atom stereocenters. The van der Waals surface area contributed by atoms with Crippen LogP contribution in [0.3, 0.4) is 0 Å². The summed E-state index contributed by atoms with van der Waals surface area (Å²) in [6, 6.07) is 4.02. The third-order valence-corrected chi connectivity index (χ3v) is 1.37. The molecule has 72 valence electrons. The summed E-state index contributed by atoms with van der Waals surface area (Å²) in [4.78, 5) is 9.49. The number of nitro groups is 1. The summed E-state index contributed by atoms with van der Waals surface area (Å²) in [5.74, 6) is -0.782. The van der Waals surface area contributed by atoms with Crippen LogP contribution in [0.5, 0.6) is 0 Å². The molecule has 0 N–H and O–H groups in total. The molecule has 0 radical (unpaired) electrons. The molecule has 0 unspecified atom stereocenters. The van der Waals surface area contributed by atoms with Crippen LogP contribution >= 0.6 is 0 Å². The minimum atomic E-state index is -0.782. The Labute approximate surface area is 76.4 Å². The van der Waals surface area contributed by atoms with Gasteiger partial charge in [0.15, 0.2) is 0 Å². The zero-order valence-electron chi connectivity index (χ0n) is 7.87. The normalized spacial score (nSPS) is 8.62. The van der Waals surface area contributed by atoms with Gasteiger partial charge in [-0.3, -0.25) is 10.1 Å². The average Bonchev–Trinajstić information content (AvgIpc) is 2.07. The smallest absolute Gasteiger partial charge is 0.258 e. The molecule has 3 nitrogen and oxygen atoms in total. The van der Waals surface area contributed by atoms with E-state index in [0.29, 0.717) is 5.56 Å². The van der Waals surface area contributed by atoms with E-state index in [1.807, 2.05) is 13.8 Å². The van der Waals surface area contributed by atoms with Gasteiger partial charge >= 0.3 is 5.69 Å². The number of hydrogen-bond acceptors (Lipinski definition) is 2. The number of halogens is 1. The number of nitrogens with zero attached hydrogens (tertiary/aromatic N) is 1. The Kier molecular flexibility index (Phi) is 4.66. The van der Waals surface area contributed by atoms with E-state index in [1.165, 1.54) is 19.1 Å². The van der Waals surface area contributed by atoms with Crippen molar-refractivity contribution in [2.45, 2.75) is 20.8 Å². The van der Waals surface area contributed by atoms with Gasteiger partial charge in [-0.1, -0.05) is 26.0 Å². The van der Waals surface area contributed by atoms with Crippen molar-refractivity contribution < 1.29 is 9.31 Å². The van der Waals surface area contributed by atoms with Crippen molar-refractivity contribution in [2.24, 2.45) is 0 Å². The Morgan fingerprint density at radius 2 is 1.92 bits per heavy atom. The van der Waals surface area contributed by atoms with Crippen LogP contribution in [-0.4, -0.2) is 4.92 Å². The van der Waals surface area contributed by atoms with Crippen molar-refractivity contribution >= 4 is 5.69 Å². The topological polar surface area (TPSA) is 43.1 Å². The monoisotopic (exact) mass is 185 g/mol. The van der Waals surface area contributed by atoms with Gasteiger partial charge in [0.25, 0.3) is 0 Å². The van der Waals surface area contributed by atoms with E-state index in [4.69, 9.17) is 0 Å². The highest BCUT2D eigenvalue weighted by Crippen LogP contribution is 2.20. The maximum absolute atomic E-state index is 12.7. The van der Waals surface area contributed by atoms with Gasteiger partial charge in [-0.2, -0.15) is 4.39 Å². The molecular formula is C9H12FNO2. The first-order chi connectivity index (χ1) is 6.13. The third-order valence-electron chi connectivity index (χ3n) is 1.37. The van der Waals surface area contributed by atoms with Crippen LogP contribution in [0.4, 0.5) is 10.1 Å². The molecule has 0 saturated heterocycles. The fourth-order valence-corrected chi connectivity index (χ4v) is 0.854. The van der Waals surface area contributed by atoms with Crippen LogP contribution in [0.15, 0.2) is 18.2 Å². The molecule has 0 aliphatic heterocycles. The number of rotatable bonds is 1. The fraction of sp³-hybridized carbons (Fsp3) is 0.333. The largest absolute Gasteiger partial charge is 0.307 e. The van der Waals surface area contributed by atoms with Gasteiger partial charge in [-0.05, 0) is 13.0 Å². The molecule has 0 bridgehead atoms. The number of nitro benzene ring substituents is 1. The molecule has 1 rings (SSSR count). The van der Waals surface area contributed by atoms with Crippen molar-refractivity contribution in [1.29, 1.82) is 0 Å². The summed E-state index contributed by atoms with van der Waals surface area (Å²) < 4.78 is 12.7. The molecule has 0 aliphatic rings. The van der Waals surface area contributed by atoms with E-state index in [1.54, 1.807) is 0 Å². The first kappa shape index (κ1) is 11.6. The van der Waals surface area contributed by atoms with Crippen molar-refractivity contribution in [3.8, 4) is 0 Å². The Balaban J connectivity index is 0.000000671. The van der Waals surface area contributed by atoms with Crippen LogP contribution in [0, 0.1) is 22.9 Å². The maximum Gasteiger partial charge on any atom is 0.307 e. The van der Waals surface area contributed by atoms with Crippen LogP contribution in [-0.2, 0) is 0 Å². The molecule has 0 spiro atoms. The second kappa shape index (κ2) is 5.24. The van der Waals surface area contributed by atoms with Crippen molar-refractivity contribution in [1.82, 2.24) is 0 Å². The number of hydrogen-bond donors (Lipinski definition) is 0. The minimum Gasteiger partial charge on any atom is -0.258 e. The van der Waals surface area contributed by atoms with E-state index in [0.717, 1.165) is 6.07 Å². The second-order valence-corrected chi connectivity index (χ2v) is 2.16. The molecule has 13 heavy (non-hydrogen) atoms. The van der Waals surface area contributed by atoms with E-state index >= 15 is 0 Å². The third kappa shape index (κ3) is 2.82. The van der Waals surface area contributed by atoms with Crippen LogP contribution in [0.2, 0.25) is 0 Å². The summed E-state index contributed by atoms with van der Waals surface area (Å²) >= 11 is 0. The summed E-state index contributed by atoms with van der Waals surface area (Å²) in [5, 5.41) is 10.2. The Morgan fingerprint density at radius 1 is 1.38 bits per heavy atom. The predicted octanol–water partition coefficient (Wildman–Crippen LogP) is 3.07. The van der Waals surface area contributed by atoms with Crippen molar-refractivity contribution in [3.05, 3.63) is 39.7 Å². The van der Waals surface area contributed by atoms with Gasteiger partial charge in [0.2, 0.25) is 5.82 Å². The van der Waals surface area contributed by atoms with Crippen LogP contribution in [0.25, 0.3) is 0 Å². The highest BCUT2D eigenvalue weighted by Gasteiger charge is 2.15. The van der Waals surface area contributed by atoms with Crippen molar-refractivity contribution in [2.75, 3.05) is 0 Å². The Morgan fingerprint density at radius 3 is 2.23 bits per heavy atom. The lowest BCUT2D eigenvalue weighted by molar-refractivity contribution is -0.388. The molecule has 4 heteroatoms. The van der Waals surface area contributed by atoms with Gasteiger partial charge in [-0.25, -0.2) is 0 Å². The lowest BCUT2D eigenvalue weighted by atomic mass is 10.2. The van der Waals surface area contributed by atoms with E-state index in [2.05, 4.69) is 0 Å². The zero-order chi connectivity index (χ0) is 10.4. The average molecular weight is 185 g/mol. The molecule has 0 aromatic heterocycles. The summed E-state index contributed by atoms with van der Waals surface area (Å²) in [5.41, 5.74) is -0.0949. The Hall–Kier alpha value is -1.45. The van der Waals surface area contributed by atoms with E-state index < -0.39 is 16.4 Å². The lowest BCUT2D eigenvalue weighted by Crippen LogP contribution is -1.94. The molecule has 0 heterocycles. The molecule has 0 aliphatic carbocycles. The Bertz CT molecular complexity index is 279. The summed E-state index contributed by atoms with van der Waals surface area (Å²) in [6.07, 6.45) is 0. The van der Waals surface area contributed by atoms with Gasteiger partial charge in [-0.15, -0.1) is 0 Å². The standard InChI is InChI=1S/C7H6FNO2.C2H6/c1-5-3-2-4-6(8)7(5)9(10)11;1-2/h2-4H,1H3;1-2H3. The minimum absolute atomic E-state index is 0.343. The highest BCUT2D eigenvalue weighted by atomic mass is 19.1. The first-order valence-corrected chi connectivity index (χ1v) is 4.02. The molecule has 1 aromatic rings. The van der Waals surface area contributed by atoms with Gasteiger partial charge in [0.05, 0.1) is 4.92 Å². The number of para-hydroxylation sites is 1. The van der Waals surface area contributed by atoms with E-state index in [9.17, 15) is 14.5 Å². The van der Waals surface area contributed by atoms with E-state index in [-0.39, 0.29) is 0 Å². The molecule has 0 fully saturated rings. The number of benzene rings is 1. The number of aryl methyl sites for hydroxylation is 1. The fourth-order valence-electron chi connectivity index (χ4n) is 0.854. The molecule has 0 amide bonds. The summed E-state index contributed by atoms with van der Waals surface area (Å²) in [6.45, 7) is 5.50.